The molecular weight excluding hydrogens is 352 g/mol. The highest BCUT2D eigenvalue weighted by atomic mass is 16.4. The standard InChI is InChI=1S/C22H26N4O2/c1-3-5-6-14-26-20(24-19(4-2)25-26)15-16-9-11-17(12-10-16)21-18(22(27)28)8-7-13-23-21/h7-13H,3-6,14-15H2,1-2H3,(H,27,28). The monoisotopic (exact) mass is 378 g/mol. The SMILES string of the molecule is CCCCCn1nc(CC)nc1Cc1ccc(-c2ncccc2C(=O)O)cc1. The van der Waals surface area contributed by atoms with E-state index >= 15 is 0 Å². The summed E-state index contributed by atoms with van der Waals surface area (Å²) < 4.78 is 2.03. The smallest absolute Gasteiger partial charge is 0.337 e. The van der Waals surface area contributed by atoms with Gasteiger partial charge in [0.15, 0.2) is 5.82 Å². The quantitative estimate of drug-likeness (QED) is 0.559. The summed E-state index contributed by atoms with van der Waals surface area (Å²) in [6.07, 6.45) is 6.61. The van der Waals surface area contributed by atoms with Crippen molar-refractivity contribution in [1.29, 1.82) is 0 Å². The number of nitrogens with zero attached hydrogens (tertiary/aromatic N) is 4. The zero-order valence-corrected chi connectivity index (χ0v) is 16.4. The second kappa shape index (κ2) is 9.26. The average Bonchev–Trinajstić information content (AvgIpc) is 3.10. The number of unbranched alkanes of at least 4 members (excludes halogenated alkanes) is 2. The van der Waals surface area contributed by atoms with Gasteiger partial charge in [-0.1, -0.05) is 51.0 Å². The molecule has 0 aliphatic rings. The van der Waals surface area contributed by atoms with Gasteiger partial charge in [-0.25, -0.2) is 14.5 Å². The first-order chi connectivity index (χ1) is 13.6. The predicted octanol–water partition coefficient (Wildman–Crippen LogP) is 4.38. The molecule has 0 radical (unpaired) electrons. The molecule has 6 heteroatoms. The van der Waals surface area contributed by atoms with Crippen LogP contribution in [0.3, 0.4) is 0 Å². The lowest BCUT2D eigenvalue weighted by molar-refractivity contribution is 0.0697. The predicted molar refractivity (Wildman–Crippen MR) is 108 cm³/mol. The molecule has 0 atom stereocenters. The Hall–Kier alpha value is -3.02. The van der Waals surface area contributed by atoms with Gasteiger partial charge >= 0.3 is 5.97 Å². The number of rotatable bonds is 9. The van der Waals surface area contributed by atoms with Crippen LogP contribution >= 0.6 is 0 Å². The fraction of sp³-hybridized carbons (Fsp3) is 0.364. The van der Waals surface area contributed by atoms with Crippen molar-refractivity contribution in [3.63, 3.8) is 0 Å². The number of carboxylic acids is 1. The van der Waals surface area contributed by atoms with Gasteiger partial charge in [-0.3, -0.25) is 4.98 Å². The number of pyridine rings is 1. The maximum atomic E-state index is 11.4. The minimum Gasteiger partial charge on any atom is -0.478 e. The fourth-order valence-corrected chi connectivity index (χ4v) is 3.17. The molecule has 2 aromatic heterocycles. The van der Waals surface area contributed by atoms with Crippen molar-refractivity contribution >= 4 is 5.97 Å². The van der Waals surface area contributed by atoms with Crippen LogP contribution in [0.15, 0.2) is 42.6 Å². The summed E-state index contributed by atoms with van der Waals surface area (Å²) in [5, 5.41) is 14.0. The van der Waals surface area contributed by atoms with E-state index in [4.69, 9.17) is 0 Å². The third kappa shape index (κ3) is 4.63. The molecule has 0 aliphatic carbocycles. The first-order valence-corrected chi connectivity index (χ1v) is 9.82. The Labute approximate surface area is 165 Å². The molecule has 0 amide bonds. The largest absolute Gasteiger partial charge is 0.478 e. The summed E-state index contributed by atoms with van der Waals surface area (Å²) in [6, 6.07) is 11.1. The fourth-order valence-electron chi connectivity index (χ4n) is 3.17. The number of carboxylic acid groups (broad SMARTS) is 1. The molecule has 0 fully saturated rings. The zero-order valence-electron chi connectivity index (χ0n) is 16.4. The van der Waals surface area contributed by atoms with Gasteiger partial charge in [0.25, 0.3) is 0 Å². The maximum absolute atomic E-state index is 11.4. The van der Waals surface area contributed by atoms with Crippen LogP contribution in [-0.4, -0.2) is 30.8 Å². The molecule has 2 heterocycles. The van der Waals surface area contributed by atoms with Crippen molar-refractivity contribution in [2.45, 2.75) is 52.5 Å². The van der Waals surface area contributed by atoms with E-state index < -0.39 is 5.97 Å². The van der Waals surface area contributed by atoms with Gasteiger partial charge in [-0.15, -0.1) is 0 Å². The number of aromatic nitrogens is 4. The number of hydrogen-bond acceptors (Lipinski definition) is 4. The summed E-state index contributed by atoms with van der Waals surface area (Å²) in [4.78, 5) is 20.4. The lowest BCUT2D eigenvalue weighted by Gasteiger charge is -2.08. The summed E-state index contributed by atoms with van der Waals surface area (Å²) >= 11 is 0. The van der Waals surface area contributed by atoms with Crippen LogP contribution in [0.4, 0.5) is 0 Å². The van der Waals surface area contributed by atoms with Crippen molar-refractivity contribution in [3.8, 4) is 11.3 Å². The highest BCUT2D eigenvalue weighted by Gasteiger charge is 2.13. The first kappa shape index (κ1) is 19.7. The average molecular weight is 378 g/mol. The van der Waals surface area contributed by atoms with E-state index in [2.05, 4.69) is 28.9 Å². The molecule has 146 valence electrons. The summed E-state index contributed by atoms with van der Waals surface area (Å²) in [7, 11) is 0. The van der Waals surface area contributed by atoms with E-state index in [-0.39, 0.29) is 5.56 Å². The second-order valence-corrected chi connectivity index (χ2v) is 6.81. The molecular formula is C22H26N4O2. The van der Waals surface area contributed by atoms with Gasteiger partial charge in [-0.05, 0) is 24.1 Å². The molecule has 0 saturated heterocycles. The van der Waals surface area contributed by atoms with E-state index in [1.807, 2.05) is 28.9 Å². The highest BCUT2D eigenvalue weighted by molar-refractivity contribution is 5.94. The van der Waals surface area contributed by atoms with Gasteiger partial charge in [0, 0.05) is 31.1 Å². The summed E-state index contributed by atoms with van der Waals surface area (Å²) in [5.41, 5.74) is 2.60. The van der Waals surface area contributed by atoms with E-state index in [0.29, 0.717) is 12.1 Å². The van der Waals surface area contributed by atoms with Crippen LogP contribution in [0.2, 0.25) is 0 Å². The van der Waals surface area contributed by atoms with Crippen molar-refractivity contribution in [1.82, 2.24) is 19.7 Å². The Balaban J connectivity index is 1.80. The van der Waals surface area contributed by atoms with Crippen molar-refractivity contribution in [2.75, 3.05) is 0 Å². The van der Waals surface area contributed by atoms with Crippen LogP contribution in [-0.2, 0) is 19.4 Å². The van der Waals surface area contributed by atoms with E-state index in [0.717, 1.165) is 42.2 Å². The summed E-state index contributed by atoms with van der Waals surface area (Å²) in [5.74, 6) is 0.881. The number of aromatic carboxylic acids is 1. The molecule has 0 bridgehead atoms. The van der Waals surface area contributed by atoms with E-state index in [1.54, 1.807) is 18.3 Å². The Morgan fingerprint density at radius 1 is 1.11 bits per heavy atom. The highest BCUT2D eigenvalue weighted by Crippen LogP contribution is 2.22. The van der Waals surface area contributed by atoms with Crippen LogP contribution in [0, 0.1) is 0 Å². The molecule has 0 saturated carbocycles. The van der Waals surface area contributed by atoms with Crippen molar-refractivity contribution in [3.05, 3.63) is 65.4 Å². The van der Waals surface area contributed by atoms with Crippen LogP contribution < -0.4 is 0 Å². The molecule has 28 heavy (non-hydrogen) atoms. The van der Waals surface area contributed by atoms with Gasteiger partial charge in [-0.2, -0.15) is 5.10 Å². The lowest BCUT2D eigenvalue weighted by atomic mass is 10.0. The maximum Gasteiger partial charge on any atom is 0.337 e. The number of carbonyl (C=O) groups is 1. The molecule has 0 spiro atoms. The Morgan fingerprint density at radius 3 is 2.57 bits per heavy atom. The lowest BCUT2D eigenvalue weighted by Crippen LogP contribution is -2.07. The van der Waals surface area contributed by atoms with Gasteiger partial charge in [0.1, 0.15) is 5.82 Å². The van der Waals surface area contributed by atoms with Crippen molar-refractivity contribution < 1.29 is 9.90 Å². The van der Waals surface area contributed by atoms with Crippen LogP contribution in [0.5, 0.6) is 0 Å². The van der Waals surface area contributed by atoms with Gasteiger partial charge in [0.05, 0.1) is 11.3 Å². The topological polar surface area (TPSA) is 80.9 Å². The van der Waals surface area contributed by atoms with Crippen LogP contribution in [0.25, 0.3) is 11.3 Å². The molecule has 3 aromatic rings. The van der Waals surface area contributed by atoms with E-state index in [9.17, 15) is 9.90 Å². The number of benzene rings is 1. The summed E-state index contributed by atoms with van der Waals surface area (Å²) in [6.45, 7) is 5.15. The first-order valence-electron chi connectivity index (χ1n) is 9.82. The van der Waals surface area contributed by atoms with Crippen molar-refractivity contribution in [2.24, 2.45) is 0 Å². The minimum atomic E-state index is -0.973. The van der Waals surface area contributed by atoms with E-state index in [1.165, 1.54) is 12.8 Å². The minimum absolute atomic E-state index is 0.207. The third-order valence-electron chi connectivity index (χ3n) is 4.71. The van der Waals surface area contributed by atoms with Gasteiger partial charge < -0.3 is 5.11 Å². The zero-order chi connectivity index (χ0) is 19.9. The molecule has 1 aromatic carbocycles. The molecule has 1 N–H and O–H groups in total. The molecule has 0 aliphatic heterocycles. The van der Waals surface area contributed by atoms with Crippen LogP contribution in [0.1, 0.15) is 60.7 Å². The number of aryl methyl sites for hydroxylation is 2. The third-order valence-corrected chi connectivity index (χ3v) is 4.71. The second-order valence-electron chi connectivity index (χ2n) is 6.81. The molecule has 0 unspecified atom stereocenters. The number of hydrogen-bond donors (Lipinski definition) is 1. The normalized spacial score (nSPS) is 10.9. The Bertz CT molecular complexity index is 932. The molecule has 6 nitrogen and oxygen atoms in total. The Kier molecular flexibility index (Phi) is 6.53. The van der Waals surface area contributed by atoms with Gasteiger partial charge in [0.2, 0.25) is 0 Å². The molecule has 3 rings (SSSR count). The Morgan fingerprint density at radius 2 is 1.89 bits per heavy atom.